The molecular weight excluding hydrogens is 250 g/mol. The molecule has 3 heteroatoms. The summed E-state index contributed by atoms with van der Waals surface area (Å²) >= 11 is 0. The maximum atomic E-state index is 11.5. The minimum Gasteiger partial charge on any atom is -0.488 e. The van der Waals surface area contributed by atoms with E-state index in [0.717, 1.165) is 22.2 Å². The first kappa shape index (κ1) is 12.5. The lowest BCUT2D eigenvalue weighted by Crippen LogP contribution is -2.03. The number of benzene rings is 2. The van der Waals surface area contributed by atoms with Crippen LogP contribution in [0.5, 0.6) is 5.75 Å². The second kappa shape index (κ2) is 5.21. The number of nitrogens with zero attached hydrogens (tertiary/aromatic N) is 1. The first-order valence-electron chi connectivity index (χ1n) is 6.53. The van der Waals surface area contributed by atoms with E-state index in [1.54, 1.807) is 17.7 Å². The Morgan fingerprint density at radius 2 is 1.85 bits per heavy atom. The molecule has 0 spiro atoms. The zero-order valence-electron chi connectivity index (χ0n) is 11.2. The predicted molar refractivity (Wildman–Crippen MR) is 79.0 cm³/mol. The number of aromatic nitrogens is 1. The molecule has 0 N–H and O–H groups in total. The summed E-state index contributed by atoms with van der Waals surface area (Å²) in [5, 5.41) is 0.957. The van der Waals surface area contributed by atoms with E-state index in [-0.39, 0.29) is 5.91 Å². The van der Waals surface area contributed by atoms with Crippen molar-refractivity contribution in [3.63, 3.8) is 0 Å². The molecule has 0 fully saturated rings. The van der Waals surface area contributed by atoms with E-state index < -0.39 is 0 Å². The third-order valence-corrected chi connectivity index (χ3v) is 3.27. The van der Waals surface area contributed by atoms with Crippen molar-refractivity contribution in [1.29, 1.82) is 0 Å². The Bertz CT molecular complexity index is 744. The molecule has 2 aromatic carbocycles. The van der Waals surface area contributed by atoms with Gasteiger partial charge in [-0.15, -0.1) is 0 Å². The molecule has 100 valence electrons. The fraction of sp³-hybridized carbons (Fsp3) is 0.118. The Morgan fingerprint density at radius 3 is 2.60 bits per heavy atom. The fourth-order valence-electron chi connectivity index (χ4n) is 2.28. The van der Waals surface area contributed by atoms with Gasteiger partial charge in [0.05, 0.1) is 5.52 Å². The van der Waals surface area contributed by atoms with Gasteiger partial charge >= 0.3 is 0 Å². The van der Waals surface area contributed by atoms with Crippen LogP contribution in [0, 0.1) is 0 Å². The van der Waals surface area contributed by atoms with Crippen LogP contribution in [-0.2, 0) is 6.61 Å². The van der Waals surface area contributed by atoms with E-state index in [4.69, 9.17) is 4.74 Å². The minimum atomic E-state index is 0.000194. The molecule has 1 heterocycles. The van der Waals surface area contributed by atoms with Crippen molar-refractivity contribution in [2.24, 2.45) is 0 Å². The van der Waals surface area contributed by atoms with Gasteiger partial charge in [0.25, 0.3) is 0 Å². The number of hydrogen-bond acceptors (Lipinski definition) is 2. The summed E-state index contributed by atoms with van der Waals surface area (Å²) in [6.07, 6.45) is 1.78. The van der Waals surface area contributed by atoms with Crippen molar-refractivity contribution < 1.29 is 9.53 Å². The standard InChI is InChI=1S/C17H15NO2/c1-13(19)18-11-10-15-16(18)8-5-9-17(15)20-12-14-6-3-2-4-7-14/h2-11H,12H2,1H3. The monoisotopic (exact) mass is 265 g/mol. The summed E-state index contributed by atoms with van der Waals surface area (Å²) in [7, 11) is 0. The molecule has 0 aliphatic carbocycles. The molecule has 20 heavy (non-hydrogen) atoms. The average molecular weight is 265 g/mol. The lowest BCUT2D eigenvalue weighted by Gasteiger charge is -2.08. The third kappa shape index (κ3) is 2.30. The van der Waals surface area contributed by atoms with E-state index in [2.05, 4.69) is 0 Å². The Labute approximate surface area is 117 Å². The molecule has 0 saturated carbocycles. The van der Waals surface area contributed by atoms with Crippen molar-refractivity contribution in [2.75, 3.05) is 0 Å². The number of carbonyl (C=O) groups excluding carboxylic acids is 1. The van der Waals surface area contributed by atoms with Crippen LogP contribution < -0.4 is 4.74 Å². The van der Waals surface area contributed by atoms with Crippen molar-refractivity contribution in [3.05, 3.63) is 66.4 Å². The maximum Gasteiger partial charge on any atom is 0.227 e. The Balaban J connectivity index is 1.90. The first-order valence-corrected chi connectivity index (χ1v) is 6.53. The van der Waals surface area contributed by atoms with Crippen LogP contribution in [0.2, 0.25) is 0 Å². The number of carbonyl (C=O) groups is 1. The zero-order chi connectivity index (χ0) is 13.9. The summed E-state index contributed by atoms with van der Waals surface area (Å²) in [6, 6.07) is 17.7. The van der Waals surface area contributed by atoms with E-state index in [1.807, 2.05) is 54.6 Å². The Hall–Kier alpha value is -2.55. The summed E-state index contributed by atoms with van der Waals surface area (Å²) in [5.41, 5.74) is 2.00. The number of rotatable bonds is 3. The van der Waals surface area contributed by atoms with Crippen LogP contribution in [0.3, 0.4) is 0 Å². The molecule has 0 unspecified atom stereocenters. The predicted octanol–water partition coefficient (Wildman–Crippen LogP) is 3.88. The fourth-order valence-corrected chi connectivity index (χ4v) is 2.28. The van der Waals surface area contributed by atoms with E-state index >= 15 is 0 Å². The SMILES string of the molecule is CC(=O)n1ccc2c(OCc3ccccc3)cccc21. The minimum absolute atomic E-state index is 0.000194. The highest BCUT2D eigenvalue weighted by Crippen LogP contribution is 2.27. The van der Waals surface area contributed by atoms with Crippen LogP contribution in [0.25, 0.3) is 10.9 Å². The molecule has 0 aliphatic rings. The van der Waals surface area contributed by atoms with Crippen molar-refractivity contribution in [3.8, 4) is 5.75 Å². The van der Waals surface area contributed by atoms with Crippen LogP contribution in [-0.4, -0.2) is 10.5 Å². The van der Waals surface area contributed by atoms with E-state index in [1.165, 1.54) is 0 Å². The van der Waals surface area contributed by atoms with E-state index in [0.29, 0.717) is 6.61 Å². The maximum absolute atomic E-state index is 11.5. The third-order valence-electron chi connectivity index (χ3n) is 3.27. The van der Waals surface area contributed by atoms with Gasteiger partial charge in [0.2, 0.25) is 5.91 Å². The zero-order valence-corrected chi connectivity index (χ0v) is 11.2. The molecule has 1 aromatic heterocycles. The first-order chi connectivity index (χ1) is 9.75. The smallest absolute Gasteiger partial charge is 0.227 e. The number of hydrogen-bond donors (Lipinski definition) is 0. The van der Waals surface area contributed by atoms with Crippen LogP contribution in [0.1, 0.15) is 17.3 Å². The largest absolute Gasteiger partial charge is 0.488 e. The van der Waals surface area contributed by atoms with Gasteiger partial charge in [-0.05, 0) is 23.8 Å². The van der Waals surface area contributed by atoms with Crippen LogP contribution in [0.15, 0.2) is 60.8 Å². The van der Waals surface area contributed by atoms with Crippen LogP contribution >= 0.6 is 0 Å². The van der Waals surface area contributed by atoms with Crippen molar-refractivity contribution in [2.45, 2.75) is 13.5 Å². The van der Waals surface area contributed by atoms with Crippen molar-refractivity contribution >= 4 is 16.8 Å². The average Bonchev–Trinajstić information content (AvgIpc) is 2.91. The van der Waals surface area contributed by atoms with Gasteiger partial charge in [-0.2, -0.15) is 0 Å². The molecule has 3 nitrogen and oxygen atoms in total. The molecule has 0 bridgehead atoms. The van der Waals surface area contributed by atoms with Gasteiger partial charge in [-0.1, -0.05) is 36.4 Å². The van der Waals surface area contributed by atoms with Crippen LogP contribution in [0.4, 0.5) is 0 Å². The molecule has 0 radical (unpaired) electrons. The highest BCUT2D eigenvalue weighted by Gasteiger charge is 2.08. The molecule has 0 saturated heterocycles. The Kier molecular flexibility index (Phi) is 3.25. The van der Waals surface area contributed by atoms with E-state index in [9.17, 15) is 4.79 Å². The normalized spacial score (nSPS) is 10.7. The topological polar surface area (TPSA) is 31.2 Å². The number of fused-ring (bicyclic) bond motifs is 1. The lowest BCUT2D eigenvalue weighted by molar-refractivity contribution is 0.0941. The summed E-state index contributed by atoms with van der Waals surface area (Å²) in [5.74, 6) is 0.798. The lowest BCUT2D eigenvalue weighted by atomic mass is 10.2. The second-order valence-electron chi connectivity index (χ2n) is 4.67. The number of ether oxygens (including phenoxy) is 1. The quantitative estimate of drug-likeness (QED) is 0.719. The molecule has 3 aromatic rings. The van der Waals surface area contributed by atoms with Gasteiger partial charge in [-0.25, -0.2) is 0 Å². The van der Waals surface area contributed by atoms with Gasteiger partial charge in [0.1, 0.15) is 12.4 Å². The molecular formula is C17H15NO2. The van der Waals surface area contributed by atoms with Gasteiger partial charge < -0.3 is 4.74 Å². The molecule has 0 amide bonds. The molecule has 0 atom stereocenters. The highest BCUT2D eigenvalue weighted by molar-refractivity contribution is 5.94. The van der Waals surface area contributed by atoms with Crippen molar-refractivity contribution in [1.82, 2.24) is 4.57 Å². The van der Waals surface area contributed by atoms with Gasteiger partial charge in [0.15, 0.2) is 0 Å². The van der Waals surface area contributed by atoms with Gasteiger partial charge in [-0.3, -0.25) is 9.36 Å². The summed E-state index contributed by atoms with van der Waals surface area (Å²) in [6.45, 7) is 2.07. The Morgan fingerprint density at radius 1 is 1.05 bits per heavy atom. The summed E-state index contributed by atoms with van der Waals surface area (Å²) < 4.78 is 7.50. The van der Waals surface area contributed by atoms with Gasteiger partial charge in [0, 0.05) is 18.5 Å². The molecule has 3 rings (SSSR count). The summed E-state index contributed by atoms with van der Waals surface area (Å²) in [4.78, 5) is 11.5. The highest BCUT2D eigenvalue weighted by atomic mass is 16.5. The molecule has 0 aliphatic heterocycles. The second-order valence-corrected chi connectivity index (χ2v) is 4.67.